The van der Waals surface area contributed by atoms with E-state index in [0.29, 0.717) is 11.4 Å². The number of hydrogen-bond acceptors (Lipinski definition) is 4. The van der Waals surface area contributed by atoms with E-state index in [-0.39, 0.29) is 11.9 Å². The van der Waals surface area contributed by atoms with Crippen LogP contribution in [0.4, 0.5) is 0 Å². The largest absolute Gasteiger partial charge is 0.348 e. The van der Waals surface area contributed by atoms with E-state index in [1.54, 1.807) is 5.51 Å². The Hall–Kier alpha value is -0.940. The molecule has 0 radical (unpaired) electrons. The summed E-state index contributed by atoms with van der Waals surface area (Å²) in [7, 11) is 0. The first-order valence-corrected chi connectivity index (χ1v) is 4.94. The molecule has 0 aliphatic carbocycles. The van der Waals surface area contributed by atoms with Gasteiger partial charge >= 0.3 is 0 Å². The Bertz CT molecular complexity index is 297. The molecule has 0 aromatic carbocycles. The summed E-state index contributed by atoms with van der Waals surface area (Å²) < 4.78 is 0. The fourth-order valence-electron chi connectivity index (χ4n) is 0.868. The minimum Gasteiger partial charge on any atom is -0.348 e. The van der Waals surface area contributed by atoms with Gasteiger partial charge in [-0.1, -0.05) is 0 Å². The van der Waals surface area contributed by atoms with Gasteiger partial charge in [0.25, 0.3) is 5.91 Å². The molecule has 1 amide bonds. The zero-order valence-electron chi connectivity index (χ0n) is 7.70. The van der Waals surface area contributed by atoms with Crippen molar-refractivity contribution in [2.75, 3.05) is 6.54 Å². The number of nitrogens with one attached hydrogen (secondary N) is 1. The average molecular weight is 199 g/mol. The molecule has 0 bridgehead atoms. The molecule has 0 fully saturated rings. The highest BCUT2D eigenvalue weighted by atomic mass is 32.1. The van der Waals surface area contributed by atoms with Gasteiger partial charge in [-0.15, -0.1) is 11.3 Å². The fourth-order valence-corrected chi connectivity index (χ4v) is 1.57. The van der Waals surface area contributed by atoms with Crippen molar-refractivity contribution in [1.82, 2.24) is 10.3 Å². The Balaban J connectivity index is 2.64. The number of carbonyl (C=O) groups excluding carboxylic acids is 1. The maximum Gasteiger partial charge on any atom is 0.263 e. The maximum absolute atomic E-state index is 11.5. The molecular weight excluding hydrogens is 186 g/mol. The summed E-state index contributed by atoms with van der Waals surface area (Å²) in [4.78, 5) is 16.2. The topological polar surface area (TPSA) is 68.0 Å². The Morgan fingerprint density at radius 1 is 1.85 bits per heavy atom. The second-order valence-corrected chi connectivity index (χ2v) is 3.73. The van der Waals surface area contributed by atoms with Crippen LogP contribution in [-0.2, 0) is 0 Å². The Morgan fingerprint density at radius 2 is 2.54 bits per heavy atom. The van der Waals surface area contributed by atoms with E-state index in [9.17, 15) is 4.79 Å². The van der Waals surface area contributed by atoms with Gasteiger partial charge in [0.2, 0.25) is 0 Å². The van der Waals surface area contributed by atoms with E-state index in [1.165, 1.54) is 11.3 Å². The van der Waals surface area contributed by atoms with Gasteiger partial charge in [-0.3, -0.25) is 4.79 Å². The van der Waals surface area contributed by atoms with E-state index in [0.717, 1.165) is 5.69 Å². The normalized spacial score (nSPS) is 12.5. The number of thiazole rings is 1. The number of aryl methyl sites for hydroxylation is 1. The van der Waals surface area contributed by atoms with Crippen molar-refractivity contribution >= 4 is 17.2 Å². The Kier molecular flexibility index (Phi) is 3.39. The van der Waals surface area contributed by atoms with Crippen LogP contribution in [0.1, 0.15) is 22.3 Å². The lowest BCUT2D eigenvalue weighted by molar-refractivity contribution is 0.0944. The quantitative estimate of drug-likeness (QED) is 0.746. The molecule has 0 spiro atoms. The average Bonchev–Trinajstić information content (AvgIpc) is 2.51. The molecule has 72 valence electrons. The summed E-state index contributed by atoms with van der Waals surface area (Å²) >= 11 is 1.35. The van der Waals surface area contributed by atoms with Crippen LogP contribution in [0.2, 0.25) is 0 Å². The number of aromatic nitrogens is 1. The van der Waals surface area contributed by atoms with E-state index in [4.69, 9.17) is 5.73 Å². The number of nitrogens with two attached hydrogens (primary N) is 1. The minimum absolute atomic E-state index is 0.00833. The molecular formula is C8H13N3OS. The second-order valence-electron chi connectivity index (χ2n) is 2.88. The molecule has 1 atom stereocenters. The SMILES string of the molecule is Cc1ncsc1C(=O)N[C@H](C)CN. The van der Waals surface area contributed by atoms with Gasteiger partial charge in [-0.05, 0) is 13.8 Å². The highest BCUT2D eigenvalue weighted by Gasteiger charge is 2.12. The van der Waals surface area contributed by atoms with Crippen LogP contribution < -0.4 is 11.1 Å². The standard InChI is InChI=1S/C8H13N3OS/c1-5(3-9)11-8(12)7-6(2)10-4-13-7/h4-5H,3,9H2,1-2H3,(H,11,12)/t5-/m1/s1. The third-order valence-electron chi connectivity index (χ3n) is 1.68. The molecule has 1 heterocycles. The van der Waals surface area contributed by atoms with Crippen molar-refractivity contribution in [3.05, 3.63) is 16.1 Å². The number of hydrogen-bond donors (Lipinski definition) is 2. The summed E-state index contributed by atoms with van der Waals surface area (Å²) in [5, 5.41) is 2.78. The lowest BCUT2D eigenvalue weighted by atomic mass is 10.3. The van der Waals surface area contributed by atoms with Gasteiger partial charge in [-0.25, -0.2) is 4.98 Å². The van der Waals surface area contributed by atoms with Crippen LogP contribution >= 0.6 is 11.3 Å². The number of amides is 1. The molecule has 0 saturated carbocycles. The zero-order valence-corrected chi connectivity index (χ0v) is 8.52. The van der Waals surface area contributed by atoms with Gasteiger partial charge in [0.05, 0.1) is 11.2 Å². The summed E-state index contributed by atoms with van der Waals surface area (Å²) in [6.07, 6.45) is 0. The van der Waals surface area contributed by atoms with Crippen LogP contribution in [-0.4, -0.2) is 23.5 Å². The molecule has 4 nitrogen and oxygen atoms in total. The van der Waals surface area contributed by atoms with Gasteiger partial charge in [-0.2, -0.15) is 0 Å². The number of rotatable bonds is 3. The summed E-state index contributed by atoms with van der Waals surface area (Å²) in [6, 6.07) is 0.00833. The predicted octanol–water partition coefficient (Wildman–Crippen LogP) is 0.529. The monoisotopic (exact) mass is 199 g/mol. The van der Waals surface area contributed by atoms with Crippen molar-refractivity contribution in [2.45, 2.75) is 19.9 Å². The number of carbonyl (C=O) groups is 1. The summed E-state index contributed by atoms with van der Waals surface area (Å²) in [6.45, 7) is 4.14. The molecule has 0 saturated heterocycles. The van der Waals surface area contributed by atoms with Crippen LogP contribution in [0.15, 0.2) is 5.51 Å². The minimum atomic E-state index is -0.0852. The van der Waals surface area contributed by atoms with Crippen LogP contribution in [0.5, 0.6) is 0 Å². The van der Waals surface area contributed by atoms with Crippen LogP contribution in [0, 0.1) is 6.92 Å². The molecule has 1 rings (SSSR count). The molecule has 0 aliphatic rings. The highest BCUT2D eigenvalue weighted by Crippen LogP contribution is 2.11. The smallest absolute Gasteiger partial charge is 0.263 e. The van der Waals surface area contributed by atoms with Gasteiger partial charge in [0.15, 0.2) is 0 Å². The van der Waals surface area contributed by atoms with E-state index < -0.39 is 0 Å². The predicted molar refractivity (Wildman–Crippen MR) is 52.8 cm³/mol. The first-order valence-electron chi connectivity index (χ1n) is 4.06. The van der Waals surface area contributed by atoms with E-state index >= 15 is 0 Å². The van der Waals surface area contributed by atoms with Gasteiger partial charge in [0.1, 0.15) is 4.88 Å². The second kappa shape index (κ2) is 4.34. The van der Waals surface area contributed by atoms with Crippen LogP contribution in [0.25, 0.3) is 0 Å². The third-order valence-corrected chi connectivity index (χ3v) is 2.61. The molecule has 13 heavy (non-hydrogen) atoms. The molecule has 1 aromatic rings. The van der Waals surface area contributed by atoms with Gasteiger partial charge < -0.3 is 11.1 Å². The molecule has 0 unspecified atom stereocenters. The number of nitrogens with zero attached hydrogens (tertiary/aromatic N) is 1. The fraction of sp³-hybridized carbons (Fsp3) is 0.500. The highest BCUT2D eigenvalue weighted by molar-refractivity contribution is 7.11. The van der Waals surface area contributed by atoms with Crippen LogP contribution in [0.3, 0.4) is 0 Å². The Labute approximate surface area is 81.2 Å². The van der Waals surface area contributed by atoms with Crippen molar-refractivity contribution in [3.8, 4) is 0 Å². The molecule has 0 aliphatic heterocycles. The van der Waals surface area contributed by atoms with Crippen molar-refractivity contribution in [3.63, 3.8) is 0 Å². The summed E-state index contributed by atoms with van der Waals surface area (Å²) in [5.74, 6) is -0.0852. The Morgan fingerprint density at radius 3 is 3.00 bits per heavy atom. The molecule has 5 heteroatoms. The summed E-state index contributed by atoms with van der Waals surface area (Å²) in [5.41, 5.74) is 7.82. The maximum atomic E-state index is 11.5. The first-order chi connectivity index (χ1) is 6.15. The molecule has 1 aromatic heterocycles. The van der Waals surface area contributed by atoms with E-state index in [1.807, 2.05) is 13.8 Å². The van der Waals surface area contributed by atoms with Crippen molar-refractivity contribution < 1.29 is 4.79 Å². The van der Waals surface area contributed by atoms with E-state index in [2.05, 4.69) is 10.3 Å². The van der Waals surface area contributed by atoms with Gasteiger partial charge in [0, 0.05) is 12.6 Å². The van der Waals surface area contributed by atoms with Crippen molar-refractivity contribution in [2.24, 2.45) is 5.73 Å². The lowest BCUT2D eigenvalue weighted by Gasteiger charge is -2.09. The lowest BCUT2D eigenvalue weighted by Crippen LogP contribution is -2.37. The zero-order chi connectivity index (χ0) is 9.84. The third kappa shape index (κ3) is 2.50. The first kappa shape index (κ1) is 10.1. The molecule has 3 N–H and O–H groups in total. The van der Waals surface area contributed by atoms with Crippen molar-refractivity contribution in [1.29, 1.82) is 0 Å².